The fourth-order valence-electron chi connectivity index (χ4n) is 2.62. The Morgan fingerprint density at radius 3 is 2.07 bits per heavy atom. The number of hydrogen-bond donors (Lipinski definition) is 0. The van der Waals surface area contributed by atoms with Crippen molar-refractivity contribution in [2.24, 2.45) is 4.99 Å². The van der Waals surface area contributed by atoms with Gasteiger partial charge in [0, 0.05) is 0 Å². The van der Waals surface area contributed by atoms with Gasteiger partial charge >= 0.3 is 6.01 Å². The van der Waals surface area contributed by atoms with Crippen LogP contribution in [-0.2, 0) is 0 Å². The minimum Gasteiger partial charge on any atom is -0.0530 e. The van der Waals surface area contributed by atoms with Crippen molar-refractivity contribution in [1.29, 1.82) is 0 Å². The van der Waals surface area contributed by atoms with E-state index in [0.717, 1.165) is 0 Å². The number of aliphatic imine (C=N–C) groups is 2. The van der Waals surface area contributed by atoms with Crippen LogP contribution in [0.2, 0.25) is 0 Å². The Morgan fingerprint density at radius 2 is 1.40 bits per heavy atom. The predicted octanol–water partition coefficient (Wildman–Crippen LogP) is 3.16. The van der Waals surface area contributed by atoms with Crippen LogP contribution in [0.25, 0.3) is 0 Å². The molecule has 0 heterocycles. The molecule has 2 rings (SSSR count). The molecule has 0 aromatic rings. The molecule has 83 valence electrons. The summed E-state index contributed by atoms with van der Waals surface area (Å²) in [5.74, 6) is 0. The lowest BCUT2D eigenvalue weighted by molar-refractivity contribution is 0.420. The maximum atomic E-state index is 4.46. The van der Waals surface area contributed by atoms with Gasteiger partial charge in [-0.15, -0.1) is 0 Å². The Balaban J connectivity index is 1.77. The minimum absolute atomic E-state index is 0.533. The van der Waals surface area contributed by atoms with Crippen LogP contribution >= 0.6 is 0 Å². The summed E-state index contributed by atoms with van der Waals surface area (Å²) in [5, 5.41) is 0. The Morgan fingerprint density at radius 1 is 0.800 bits per heavy atom. The summed E-state index contributed by atoms with van der Waals surface area (Å²) < 4.78 is 0. The van der Waals surface area contributed by atoms with Crippen LogP contribution in [0.5, 0.6) is 0 Å². The summed E-state index contributed by atoms with van der Waals surface area (Å²) >= 11 is 0. The van der Waals surface area contributed by atoms with E-state index in [4.69, 9.17) is 0 Å². The molecule has 2 fully saturated rings. The first-order valence-electron chi connectivity index (χ1n) is 6.60. The highest BCUT2D eigenvalue weighted by Gasteiger charge is 2.18. The molecule has 0 N–H and O–H groups in total. The van der Waals surface area contributed by atoms with Crippen molar-refractivity contribution < 1.29 is 0 Å². The van der Waals surface area contributed by atoms with Crippen LogP contribution in [0.1, 0.15) is 64.2 Å². The molecular formula is C13H22N2+. The largest absolute Gasteiger partial charge is 0.352 e. The van der Waals surface area contributed by atoms with Crippen LogP contribution in [-0.4, -0.2) is 18.1 Å². The van der Waals surface area contributed by atoms with Crippen molar-refractivity contribution in [3.63, 3.8) is 0 Å². The Kier molecular flexibility index (Phi) is 4.40. The molecular weight excluding hydrogens is 184 g/mol. The van der Waals surface area contributed by atoms with Crippen LogP contribution in [0.4, 0.5) is 0 Å². The summed E-state index contributed by atoms with van der Waals surface area (Å²) in [4.78, 5) is 8.92. The first kappa shape index (κ1) is 10.9. The van der Waals surface area contributed by atoms with E-state index in [2.05, 4.69) is 16.0 Å². The van der Waals surface area contributed by atoms with Crippen LogP contribution < -0.4 is 4.99 Å². The zero-order chi connectivity index (χ0) is 10.3. The maximum absolute atomic E-state index is 4.46. The molecule has 0 aromatic carbocycles. The average molecular weight is 206 g/mol. The number of rotatable bonds is 2. The molecule has 0 aromatic heterocycles. The fourth-order valence-corrected chi connectivity index (χ4v) is 2.62. The minimum atomic E-state index is 0.533. The van der Waals surface area contributed by atoms with E-state index in [-0.39, 0.29) is 0 Å². The van der Waals surface area contributed by atoms with Crippen molar-refractivity contribution in [2.75, 3.05) is 0 Å². The van der Waals surface area contributed by atoms with Gasteiger partial charge in [0.25, 0.3) is 0 Å². The standard InChI is InChI=1S/C13H22N2/c1-3-7-12(8-4-1)14-11-15-13-9-5-2-6-10-13/h12-13H,1-10H2/q+1. The van der Waals surface area contributed by atoms with Gasteiger partial charge in [-0.3, -0.25) is 0 Å². The van der Waals surface area contributed by atoms with Gasteiger partial charge in [0.1, 0.15) is 0 Å². The Hall–Kier alpha value is -0.620. The van der Waals surface area contributed by atoms with Crippen molar-refractivity contribution in [3.05, 3.63) is 0 Å². The average Bonchev–Trinajstić information content (AvgIpc) is 2.32. The van der Waals surface area contributed by atoms with E-state index in [1.54, 1.807) is 0 Å². The lowest BCUT2D eigenvalue weighted by Gasteiger charge is -2.11. The van der Waals surface area contributed by atoms with E-state index < -0.39 is 0 Å². The molecule has 2 nitrogen and oxygen atoms in total. The van der Waals surface area contributed by atoms with Crippen LogP contribution in [0.3, 0.4) is 0 Å². The summed E-state index contributed by atoms with van der Waals surface area (Å²) in [6, 6.07) is 4.04. The van der Waals surface area contributed by atoms with E-state index in [9.17, 15) is 0 Å². The highest BCUT2D eigenvalue weighted by Crippen LogP contribution is 2.19. The number of nitrogens with zero attached hydrogens (tertiary/aromatic N) is 2. The second-order valence-corrected chi connectivity index (χ2v) is 4.94. The highest BCUT2D eigenvalue weighted by molar-refractivity contribution is 5.40. The zero-order valence-corrected chi connectivity index (χ0v) is 9.62. The molecule has 0 spiro atoms. The molecule has 15 heavy (non-hydrogen) atoms. The fraction of sp³-hybridized carbons (Fsp3) is 0.923. The van der Waals surface area contributed by atoms with Gasteiger partial charge in [-0.2, -0.15) is 0 Å². The lowest BCUT2D eigenvalue weighted by atomic mass is 9.96. The first-order valence-corrected chi connectivity index (χ1v) is 6.60. The van der Waals surface area contributed by atoms with E-state index in [1.807, 2.05) is 0 Å². The normalized spacial score (nSPS) is 24.5. The molecule has 2 aliphatic rings. The molecule has 1 radical (unpaired) electrons. The summed E-state index contributed by atoms with van der Waals surface area (Å²) in [6.45, 7) is 0. The lowest BCUT2D eigenvalue weighted by Crippen LogP contribution is -2.17. The van der Waals surface area contributed by atoms with Crippen LogP contribution in [0, 0.1) is 0 Å². The molecule has 0 unspecified atom stereocenters. The summed E-state index contributed by atoms with van der Waals surface area (Å²) in [7, 11) is 0. The second kappa shape index (κ2) is 6.07. The van der Waals surface area contributed by atoms with Gasteiger partial charge < -0.3 is 0 Å². The second-order valence-electron chi connectivity index (χ2n) is 4.94. The Labute approximate surface area is 92.9 Å². The molecule has 0 saturated heterocycles. The molecule has 2 heteroatoms. The third kappa shape index (κ3) is 3.79. The van der Waals surface area contributed by atoms with Crippen molar-refractivity contribution in [2.45, 2.75) is 76.3 Å². The van der Waals surface area contributed by atoms with Crippen molar-refractivity contribution >= 4 is 6.01 Å². The molecule has 2 saturated carbocycles. The monoisotopic (exact) mass is 206 g/mol. The molecule has 0 aliphatic heterocycles. The molecule has 2 aliphatic carbocycles. The van der Waals surface area contributed by atoms with Gasteiger partial charge in [-0.1, -0.05) is 12.8 Å². The topological polar surface area (TPSA) is 26.5 Å². The first-order chi connectivity index (χ1) is 7.45. The Bertz CT molecular complexity index is 207. The number of hydrogen-bond acceptors (Lipinski definition) is 2. The van der Waals surface area contributed by atoms with Gasteiger partial charge in [-0.05, 0) is 61.4 Å². The third-order valence-electron chi connectivity index (χ3n) is 3.63. The predicted molar refractivity (Wildman–Crippen MR) is 63.3 cm³/mol. The van der Waals surface area contributed by atoms with Crippen LogP contribution in [0.15, 0.2) is 4.99 Å². The zero-order valence-electron chi connectivity index (χ0n) is 9.62. The van der Waals surface area contributed by atoms with Gasteiger partial charge in [0.15, 0.2) is 12.1 Å². The third-order valence-corrected chi connectivity index (χ3v) is 3.63. The summed E-state index contributed by atoms with van der Waals surface area (Å²) in [6.07, 6.45) is 13.2. The smallest absolute Gasteiger partial charge is 0.0530 e. The van der Waals surface area contributed by atoms with Crippen molar-refractivity contribution in [1.82, 2.24) is 4.99 Å². The van der Waals surface area contributed by atoms with E-state index in [0.29, 0.717) is 12.1 Å². The molecule has 0 atom stereocenters. The van der Waals surface area contributed by atoms with E-state index in [1.165, 1.54) is 64.2 Å². The summed E-state index contributed by atoms with van der Waals surface area (Å²) in [5.41, 5.74) is 0. The van der Waals surface area contributed by atoms with Gasteiger partial charge in [0.2, 0.25) is 0 Å². The maximum Gasteiger partial charge on any atom is 0.352 e. The van der Waals surface area contributed by atoms with E-state index >= 15 is 0 Å². The molecule has 0 amide bonds. The SMILES string of the molecule is C(=NC1CCCCC1)=[N+]C1CCCCC1. The molecule has 0 bridgehead atoms. The van der Waals surface area contributed by atoms with Gasteiger partial charge in [0.05, 0.1) is 0 Å². The highest BCUT2D eigenvalue weighted by atomic mass is 14.9. The quantitative estimate of drug-likeness (QED) is 0.620. The van der Waals surface area contributed by atoms with Crippen molar-refractivity contribution in [3.8, 4) is 0 Å². The van der Waals surface area contributed by atoms with Gasteiger partial charge in [-0.25, -0.2) is 0 Å².